The molecule has 1 atom stereocenters. The molecule has 1 rings (SSSR count). The molecular weight excluding hydrogens is 308 g/mol. The number of hydrogen-bond donors (Lipinski definition) is 1. The number of hydrogen-bond acceptors (Lipinski definition) is 4. The molecule has 0 aliphatic rings. The third-order valence-electron chi connectivity index (χ3n) is 3.48. The number of amides is 2. The van der Waals surface area contributed by atoms with Crippen LogP contribution >= 0.6 is 0 Å². The van der Waals surface area contributed by atoms with E-state index in [1.807, 2.05) is 6.07 Å². The van der Waals surface area contributed by atoms with E-state index in [0.29, 0.717) is 24.3 Å². The number of likely N-dealkylation sites (N-methyl/N-ethyl adjacent to an activating group) is 1. The standard InChI is InChI=1S/C18H26N2O4/c1-5-7-13-24-16-12-9-8-11-14(16)17(21)19-15(10-6-2)18(22)20(3)23-4/h6,8-9,11-12,15H,2,5,7,10,13H2,1,3-4H3,(H,19,21)/t15-/m0/s1. The molecule has 0 aliphatic heterocycles. The maximum absolute atomic E-state index is 12.6. The Hall–Kier alpha value is -2.34. The number of carbonyl (C=O) groups is 2. The van der Waals surface area contributed by atoms with Crippen molar-refractivity contribution in [2.45, 2.75) is 32.2 Å². The lowest BCUT2D eigenvalue weighted by molar-refractivity contribution is -0.170. The Bertz CT molecular complexity index is 560. The average molecular weight is 334 g/mol. The van der Waals surface area contributed by atoms with Gasteiger partial charge in [-0.1, -0.05) is 31.6 Å². The molecule has 0 bridgehead atoms. The zero-order valence-electron chi connectivity index (χ0n) is 14.6. The molecule has 132 valence electrons. The van der Waals surface area contributed by atoms with E-state index in [2.05, 4.69) is 18.8 Å². The third kappa shape index (κ3) is 5.70. The molecule has 0 radical (unpaired) electrons. The van der Waals surface area contributed by atoms with Crippen LogP contribution in [0.4, 0.5) is 0 Å². The van der Waals surface area contributed by atoms with Gasteiger partial charge < -0.3 is 10.1 Å². The maximum Gasteiger partial charge on any atom is 0.268 e. The first-order chi connectivity index (χ1) is 11.5. The van der Waals surface area contributed by atoms with E-state index in [-0.39, 0.29) is 11.8 Å². The molecule has 6 heteroatoms. The highest BCUT2D eigenvalue weighted by atomic mass is 16.7. The fraction of sp³-hybridized carbons (Fsp3) is 0.444. The SMILES string of the molecule is C=CC[C@H](NC(=O)c1ccccc1OCCCC)C(=O)N(C)OC. The van der Waals surface area contributed by atoms with Gasteiger partial charge in [-0.2, -0.15) is 0 Å². The number of para-hydroxylation sites is 1. The Morgan fingerprint density at radius 2 is 2.08 bits per heavy atom. The fourth-order valence-corrected chi connectivity index (χ4v) is 2.04. The summed E-state index contributed by atoms with van der Waals surface area (Å²) < 4.78 is 5.67. The third-order valence-corrected chi connectivity index (χ3v) is 3.48. The molecule has 0 heterocycles. The van der Waals surface area contributed by atoms with Gasteiger partial charge in [-0.05, 0) is 25.0 Å². The lowest BCUT2D eigenvalue weighted by atomic mass is 10.1. The molecule has 24 heavy (non-hydrogen) atoms. The van der Waals surface area contributed by atoms with Crippen molar-refractivity contribution in [2.75, 3.05) is 20.8 Å². The zero-order valence-corrected chi connectivity index (χ0v) is 14.6. The van der Waals surface area contributed by atoms with Gasteiger partial charge in [0.25, 0.3) is 11.8 Å². The van der Waals surface area contributed by atoms with Crippen LogP contribution in [0.2, 0.25) is 0 Å². The second kappa shape index (κ2) is 10.4. The van der Waals surface area contributed by atoms with Crippen LogP contribution < -0.4 is 10.1 Å². The minimum atomic E-state index is -0.747. The van der Waals surface area contributed by atoms with Crippen LogP contribution in [0.25, 0.3) is 0 Å². The number of nitrogens with one attached hydrogen (secondary N) is 1. The van der Waals surface area contributed by atoms with Crippen molar-refractivity contribution in [3.05, 3.63) is 42.5 Å². The minimum absolute atomic E-state index is 0.303. The highest BCUT2D eigenvalue weighted by Crippen LogP contribution is 2.18. The highest BCUT2D eigenvalue weighted by molar-refractivity contribution is 5.99. The molecule has 0 aliphatic carbocycles. The lowest BCUT2D eigenvalue weighted by Gasteiger charge is -2.22. The topological polar surface area (TPSA) is 67.9 Å². The van der Waals surface area contributed by atoms with Crippen LogP contribution in [0.1, 0.15) is 36.5 Å². The Morgan fingerprint density at radius 1 is 1.38 bits per heavy atom. The molecular formula is C18H26N2O4. The minimum Gasteiger partial charge on any atom is -0.493 e. The number of nitrogens with zero attached hydrogens (tertiary/aromatic N) is 1. The normalized spacial score (nSPS) is 11.5. The first-order valence-electron chi connectivity index (χ1n) is 8.00. The van der Waals surface area contributed by atoms with Crippen molar-refractivity contribution in [1.82, 2.24) is 10.4 Å². The largest absolute Gasteiger partial charge is 0.493 e. The van der Waals surface area contributed by atoms with E-state index in [1.165, 1.54) is 14.2 Å². The first-order valence-corrected chi connectivity index (χ1v) is 8.00. The van der Waals surface area contributed by atoms with Crippen LogP contribution in [-0.2, 0) is 9.63 Å². The zero-order chi connectivity index (χ0) is 17.9. The van der Waals surface area contributed by atoms with E-state index < -0.39 is 6.04 Å². The Kier molecular flexibility index (Phi) is 8.57. The summed E-state index contributed by atoms with van der Waals surface area (Å²) in [4.78, 5) is 29.7. The van der Waals surface area contributed by atoms with E-state index >= 15 is 0 Å². The van der Waals surface area contributed by atoms with Crippen molar-refractivity contribution >= 4 is 11.8 Å². The van der Waals surface area contributed by atoms with Gasteiger partial charge in [-0.15, -0.1) is 6.58 Å². The summed E-state index contributed by atoms with van der Waals surface area (Å²) in [5.74, 6) is -0.213. The Labute approximate surface area is 143 Å². The van der Waals surface area contributed by atoms with Gasteiger partial charge in [-0.3, -0.25) is 14.4 Å². The smallest absolute Gasteiger partial charge is 0.268 e. The van der Waals surface area contributed by atoms with Gasteiger partial charge in [0, 0.05) is 7.05 Å². The van der Waals surface area contributed by atoms with Crippen molar-refractivity contribution in [3.63, 3.8) is 0 Å². The van der Waals surface area contributed by atoms with Crippen molar-refractivity contribution in [1.29, 1.82) is 0 Å². The fourth-order valence-electron chi connectivity index (χ4n) is 2.04. The predicted molar refractivity (Wildman–Crippen MR) is 92.7 cm³/mol. The molecule has 1 N–H and O–H groups in total. The van der Waals surface area contributed by atoms with Crippen LogP contribution in [0.15, 0.2) is 36.9 Å². The number of rotatable bonds is 10. The van der Waals surface area contributed by atoms with Gasteiger partial charge in [0.1, 0.15) is 11.8 Å². The van der Waals surface area contributed by atoms with Gasteiger partial charge in [0.15, 0.2) is 0 Å². The van der Waals surface area contributed by atoms with Crippen LogP contribution in [0, 0.1) is 0 Å². The highest BCUT2D eigenvalue weighted by Gasteiger charge is 2.24. The van der Waals surface area contributed by atoms with Crippen LogP contribution in [0.3, 0.4) is 0 Å². The van der Waals surface area contributed by atoms with E-state index in [4.69, 9.17) is 9.57 Å². The monoisotopic (exact) mass is 334 g/mol. The van der Waals surface area contributed by atoms with Crippen LogP contribution in [-0.4, -0.2) is 43.7 Å². The van der Waals surface area contributed by atoms with Gasteiger partial charge in [-0.25, -0.2) is 5.06 Å². The molecule has 0 unspecified atom stereocenters. The number of carbonyl (C=O) groups excluding carboxylic acids is 2. The lowest BCUT2D eigenvalue weighted by Crippen LogP contribution is -2.46. The number of ether oxygens (including phenoxy) is 1. The molecule has 2 amide bonds. The molecule has 0 aromatic heterocycles. The second-order valence-electron chi connectivity index (χ2n) is 5.27. The molecule has 1 aromatic carbocycles. The van der Waals surface area contributed by atoms with E-state index in [0.717, 1.165) is 17.9 Å². The predicted octanol–water partition coefficient (Wildman–Crippen LogP) is 2.56. The van der Waals surface area contributed by atoms with Crippen LogP contribution in [0.5, 0.6) is 5.75 Å². The summed E-state index contributed by atoms with van der Waals surface area (Å²) in [5.41, 5.74) is 0.399. The van der Waals surface area contributed by atoms with Gasteiger partial charge in [0.05, 0.1) is 19.3 Å². The summed E-state index contributed by atoms with van der Waals surface area (Å²) >= 11 is 0. The first kappa shape index (κ1) is 19.7. The number of benzene rings is 1. The molecule has 6 nitrogen and oxygen atoms in total. The van der Waals surface area contributed by atoms with Gasteiger partial charge in [0.2, 0.25) is 0 Å². The summed E-state index contributed by atoms with van der Waals surface area (Å²) in [6, 6.07) is 6.24. The van der Waals surface area contributed by atoms with E-state index in [1.54, 1.807) is 24.3 Å². The van der Waals surface area contributed by atoms with Crippen molar-refractivity contribution < 1.29 is 19.2 Å². The summed E-state index contributed by atoms with van der Waals surface area (Å²) in [7, 11) is 2.88. The summed E-state index contributed by atoms with van der Waals surface area (Å²) in [6.45, 7) is 6.24. The number of hydroxylamine groups is 2. The van der Waals surface area contributed by atoms with Crippen molar-refractivity contribution in [2.24, 2.45) is 0 Å². The second-order valence-corrected chi connectivity index (χ2v) is 5.27. The molecule has 0 fully saturated rings. The van der Waals surface area contributed by atoms with Crippen molar-refractivity contribution in [3.8, 4) is 5.75 Å². The molecule has 0 saturated heterocycles. The Balaban J connectivity index is 2.87. The van der Waals surface area contributed by atoms with E-state index in [9.17, 15) is 9.59 Å². The Morgan fingerprint density at radius 3 is 2.71 bits per heavy atom. The average Bonchev–Trinajstić information content (AvgIpc) is 2.60. The summed E-state index contributed by atoms with van der Waals surface area (Å²) in [6.07, 6.45) is 3.80. The quantitative estimate of drug-likeness (QED) is 0.406. The maximum atomic E-state index is 12.6. The number of unbranched alkanes of at least 4 members (excludes halogenated alkanes) is 1. The molecule has 1 aromatic rings. The molecule has 0 saturated carbocycles. The van der Waals surface area contributed by atoms with Gasteiger partial charge >= 0.3 is 0 Å². The molecule has 0 spiro atoms. The summed E-state index contributed by atoms with van der Waals surface area (Å²) in [5, 5.41) is 3.80.